The fourth-order valence-corrected chi connectivity index (χ4v) is 1.94. The largest absolute Gasteiger partial charge is 0.393 e. The highest BCUT2D eigenvalue weighted by atomic mass is 16.5. The van der Waals surface area contributed by atoms with E-state index in [2.05, 4.69) is 24.3 Å². The molecule has 0 aliphatic heterocycles. The maximum Gasteiger partial charge on any atom is 0.289 e. The molecule has 0 aliphatic carbocycles. The van der Waals surface area contributed by atoms with Gasteiger partial charge in [0.1, 0.15) is 0 Å². The number of hydrogen-bond acceptors (Lipinski definition) is 4. The first-order valence-electron chi connectivity index (χ1n) is 7.05. The van der Waals surface area contributed by atoms with Crippen LogP contribution in [0.1, 0.15) is 68.6 Å². The maximum absolute atomic E-state index is 11.8. The molecular formula is C14H24N2O3. The minimum absolute atomic E-state index is 0.243. The second-order valence-electron chi connectivity index (χ2n) is 4.74. The molecule has 1 unspecified atom stereocenters. The monoisotopic (exact) mass is 268 g/mol. The van der Waals surface area contributed by atoms with Crippen molar-refractivity contribution in [2.45, 2.75) is 58.5 Å². The zero-order chi connectivity index (χ0) is 14.3. The lowest BCUT2D eigenvalue weighted by Crippen LogP contribution is -2.26. The Hall–Kier alpha value is -1.36. The molecule has 0 fully saturated rings. The van der Waals surface area contributed by atoms with Gasteiger partial charge in [-0.25, -0.2) is 0 Å². The lowest BCUT2D eigenvalue weighted by Gasteiger charge is -2.07. The van der Waals surface area contributed by atoms with Crippen LogP contribution in [0.5, 0.6) is 0 Å². The molecular weight excluding hydrogens is 244 g/mol. The number of aliphatic hydroxyl groups is 1. The van der Waals surface area contributed by atoms with Crippen LogP contribution in [0.2, 0.25) is 0 Å². The molecule has 1 aromatic rings. The van der Waals surface area contributed by atoms with Gasteiger partial charge >= 0.3 is 0 Å². The van der Waals surface area contributed by atoms with Crippen molar-refractivity contribution in [3.63, 3.8) is 0 Å². The first-order chi connectivity index (χ1) is 9.12. The fraction of sp³-hybridized carbons (Fsp3) is 0.714. The number of amides is 1. The Morgan fingerprint density at radius 2 is 2.05 bits per heavy atom. The Balaban J connectivity index is 2.49. The Morgan fingerprint density at radius 1 is 1.37 bits per heavy atom. The van der Waals surface area contributed by atoms with E-state index in [0.717, 1.165) is 18.5 Å². The molecule has 0 saturated carbocycles. The molecule has 2 N–H and O–H groups in total. The van der Waals surface area contributed by atoms with Gasteiger partial charge in [-0.3, -0.25) is 4.79 Å². The normalized spacial score (nSPS) is 12.7. The van der Waals surface area contributed by atoms with Crippen LogP contribution in [0.15, 0.2) is 10.6 Å². The third-order valence-electron chi connectivity index (χ3n) is 3.39. The molecule has 5 nitrogen and oxygen atoms in total. The maximum atomic E-state index is 11.8. The first-order valence-corrected chi connectivity index (χ1v) is 7.05. The summed E-state index contributed by atoms with van der Waals surface area (Å²) in [6, 6.07) is 1.71. The zero-order valence-corrected chi connectivity index (χ0v) is 12.0. The molecule has 0 spiro atoms. The standard InChI is InChI=1S/C14H24N2O3/c1-4-10(5-2)12-9-13(19-16-12)14(18)15-8-7-11(17)6-3/h9-11,17H,4-8H2,1-3H3,(H,15,18). The molecule has 19 heavy (non-hydrogen) atoms. The molecule has 1 rings (SSSR count). The van der Waals surface area contributed by atoms with Crippen molar-refractivity contribution in [1.29, 1.82) is 0 Å². The van der Waals surface area contributed by atoms with Crippen molar-refractivity contribution >= 4 is 5.91 Å². The summed E-state index contributed by atoms with van der Waals surface area (Å²) >= 11 is 0. The quantitative estimate of drug-likeness (QED) is 0.759. The van der Waals surface area contributed by atoms with Gasteiger partial charge < -0.3 is 14.9 Å². The van der Waals surface area contributed by atoms with Crippen LogP contribution in [-0.2, 0) is 0 Å². The van der Waals surface area contributed by atoms with Gasteiger partial charge in [0.05, 0.1) is 11.8 Å². The SMILES string of the molecule is CCC(O)CCNC(=O)c1cc(C(CC)CC)no1. The molecule has 1 atom stereocenters. The van der Waals surface area contributed by atoms with Crippen LogP contribution < -0.4 is 5.32 Å². The Bertz CT molecular complexity index is 386. The average molecular weight is 268 g/mol. The molecule has 108 valence electrons. The number of nitrogens with one attached hydrogen (secondary N) is 1. The molecule has 5 heteroatoms. The van der Waals surface area contributed by atoms with Crippen molar-refractivity contribution < 1.29 is 14.4 Å². The highest BCUT2D eigenvalue weighted by Crippen LogP contribution is 2.22. The van der Waals surface area contributed by atoms with Gasteiger partial charge in [0.2, 0.25) is 5.76 Å². The molecule has 0 bridgehead atoms. The third-order valence-corrected chi connectivity index (χ3v) is 3.39. The Labute approximate surface area is 114 Å². The molecule has 0 aromatic carbocycles. The number of aromatic nitrogens is 1. The molecule has 0 aliphatic rings. The van der Waals surface area contributed by atoms with Crippen LogP contribution >= 0.6 is 0 Å². The van der Waals surface area contributed by atoms with Crippen LogP contribution in [0.4, 0.5) is 0 Å². The van der Waals surface area contributed by atoms with E-state index in [9.17, 15) is 9.90 Å². The van der Waals surface area contributed by atoms with Gasteiger partial charge in [0.25, 0.3) is 5.91 Å². The number of nitrogens with zero attached hydrogens (tertiary/aromatic N) is 1. The van der Waals surface area contributed by atoms with E-state index in [-0.39, 0.29) is 17.8 Å². The Morgan fingerprint density at radius 3 is 2.63 bits per heavy atom. The number of aliphatic hydroxyl groups excluding tert-OH is 1. The molecule has 0 radical (unpaired) electrons. The lowest BCUT2D eigenvalue weighted by molar-refractivity contribution is 0.0905. The van der Waals surface area contributed by atoms with Gasteiger partial charge in [-0.15, -0.1) is 0 Å². The zero-order valence-electron chi connectivity index (χ0n) is 12.0. The minimum atomic E-state index is -0.366. The van der Waals surface area contributed by atoms with Gasteiger partial charge in [0, 0.05) is 18.5 Å². The van der Waals surface area contributed by atoms with Gasteiger partial charge in [-0.05, 0) is 25.7 Å². The van der Waals surface area contributed by atoms with Crippen LogP contribution in [0.25, 0.3) is 0 Å². The van der Waals surface area contributed by atoms with Crippen LogP contribution in [0.3, 0.4) is 0 Å². The summed E-state index contributed by atoms with van der Waals surface area (Å²) < 4.78 is 5.07. The third kappa shape index (κ3) is 4.67. The minimum Gasteiger partial charge on any atom is -0.393 e. The van der Waals surface area contributed by atoms with E-state index < -0.39 is 0 Å². The van der Waals surface area contributed by atoms with Gasteiger partial charge in [-0.2, -0.15) is 0 Å². The highest BCUT2D eigenvalue weighted by Gasteiger charge is 2.17. The summed E-state index contributed by atoms with van der Waals surface area (Å²) in [5.74, 6) is 0.313. The summed E-state index contributed by atoms with van der Waals surface area (Å²) in [4.78, 5) is 11.8. The molecule has 0 saturated heterocycles. The molecule has 1 amide bonds. The summed E-state index contributed by atoms with van der Waals surface area (Å²) in [6.07, 6.45) is 2.84. The van der Waals surface area contributed by atoms with Crippen molar-refractivity contribution in [2.24, 2.45) is 0 Å². The van der Waals surface area contributed by atoms with Gasteiger partial charge in [0.15, 0.2) is 0 Å². The summed E-state index contributed by atoms with van der Waals surface area (Å²) in [6.45, 7) is 6.53. The molecule has 1 heterocycles. The Kier molecular flexibility index (Phi) is 6.56. The predicted molar refractivity (Wildman–Crippen MR) is 73.1 cm³/mol. The lowest BCUT2D eigenvalue weighted by atomic mass is 9.99. The second-order valence-corrected chi connectivity index (χ2v) is 4.74. The smallest absolute Gasteiger partial charge is 0.289 e. The number of carbonyl (C=O) groups is 1. The topological polar surface area (TPSA) is 75.4 Å². The highest BCUT2D eigenvalue weighted by molar-refractivity contribution is 5.91. The summed E-state index contributed by atoms with van der Waals surface area (Å²) in [5, 5.41) is 16.1. The fourth-order valence-electron chi connectivity index (χ4n) is 1.94. The van der Waals surface area contributed by atoms with E-state index in [0.29, 0.717) is 25.3 Å². The second kappa shape index (κ2) is 7.94. The predicted octanol–water partition coefficient (Wildman–Crippen LogP) is 2.47. The summed E-state index contributed by atoms with van der Waals surface area (Å²) in [5.41, 5.74) is 0.837. The first kappa shape index (κ1) is 15.7. The van der Waals surface area contributed by atoms with E-state index >= 15 is 0 Å². The van der Waals surface area contributed by atoms with E-state index in [4.69, 9.17) is 4.52 Å². The number of rotatable bonds is 8. The molecule has 1 aromatic heterocycles. The van der Waals surface area contributed by atoms with Crippen LogP contribution in [0, 0.1) is 0 Å². The number of carbonyl (C=O) groups excluding carboxylic acids is 1. The van der Waals surface area contributed by atoms with Crippen molar-refractivity contribution in [2.75, 3.05) is 6.54 Å². The van der Waals surface area contributed by atoms with Crippen LogP contribution in [-0.4, -0.2) is 28.8 Å². The van der Waals surface area contributed by atoms with E-state index in [1.807, 2.05) is 6.92 Å². The van der Waals surface area contributed by atoms with Crippen molar-refractivity contribution in [3.05, 3.63) is 17.5 Å². The van der Waals surface area contributed by atoms with Gasteiger partial charge in [-0.1, -0.05) is 25.9 Å². The van der Waals surface area contributed by atoms with Crippen molar-refractivity contribution in [1.82, 2.24) is 10.5 Å². The van der Waals surface area contributed by atoms with Crippen molar-refractivity contribution in [3.8, 4) is 0 Å². The number of hydrogen-bond donors (Lipinski definition) is 2. The average Bonchev–Trinajstić information content (AvgIpc) is 2.89. The van der Waals surface area contributed by atoms with E-state index in [1.165, 1.54) is 0 Å². The van der Waals surface area contributed by atoms with E-state index in [1.54, 1.807) is 6.07 Å². The summed E-state index contributed by atoms with van der Waals surface area (Å²) in [7, 11) is 0.